The van der Waals surface area contributed by atoms with E-state index in [1.807, 2.05) is 0 Å². The molecule has 48 heavy (non-hydrogen) atoms. The normalized spacial score (nSPS) is 15.0. The van der Waals surface area contributed by atoms with Crippen LogP contribution in [-0.4, -0.2) is 15.9 Å². The van der Waals surface area contributed by atoms with Crippen LogP contribution >= 0.6 is 0 Å². The third-order valence-electron chi connectivity index (χ3n) is 11.9. The summed E-state index contributed by atoms with van der Waals surface area (Å²) in [6.07, 6.45) is 0. The van der Waals surface area contributed by atoms with E-state index in [-0.39, 0.29) is 12.3 Å². The number of para-hydroxylation sites is 4. The molecule has 0 spiro atoms. The summed E-state index contributed by atoms with van der Waals surface area (Å²) in [7, 11) is 0. The Kier molecular flexibility index (Phi) is 3.85. The van der Waals surface area contributed by atoms with Gasteiger partial charge in [-0.25, -0.2) is 0 Å². The van der Waals surface area contributed by atoms with Gasteiger partial charge in [0.2, 0.25) is 0 Å². The Morgan fingerprint density at radius 3 is 2.21 bits per heavy atom. The lowest BCUT2D eigenvalue weighted by Gasteiger charge is -2.34. The number of furan rings is 2. The minimum absolute atomic E-state index is 0.0300. The largest absolute Gasteiger partial charge is 0.456 e. The summed E-state index contributed by atoms with van der Waals surface area (Å²) in [5.74, 6) is 0. The van der Waals surface area contributed by atoms with Crippen molar-refractivity contribution in [1.82, 2.24) is 9.05 Å². The summed E-state index contributed by atoms with van der Waals surface area (Å²) in [5, 5.41) is 5.98. The van der Waals surface area contributed by atoms with Crippen LogP contribution in [0.25, 0.3) is 93.9 Å². The van der Waals surface area contributed by atoms with E-state index in [1.165, 1.54) is 71.9 Å². The second-order valence-electron chi connectivity index (χ2n) is 14.4. The molecule has 2 aliphatic heterocycles. The van der Waals surface area contributed by atoms with Gasteiger partial charge in [0.15, 0.2) is 5.58 Å². The molecule has 6 aromatic carbocycles. The van der Waals surface area contributed by atoms with Crippen molar-refractivity contribution < 1.29 is 8.83 Å². The fourth-order valence-corrected chi connectivity index (χ4v) is 10.1. The minimum atomic E-state index is -0.134. The van der Waals surface area contributed by atoms with E-state index in [2.05, 4.69) is 138 Å². The Hall–Kier alpha value is -5.94. The van der Waals surface area contributed by atoms with Crippen molar-refractivity contribution in [3.63, 3.8) is 0 Å². The zero-order valence-corrected chi connectivity index (χ0v) is 26.3. The van der Waals surface area contributed by atoms with E-state index in [1.54, 1.807) is 0 Å². The highest BCUT2D eigenvalue weighted by atomic mass is 16.3. The molecule has 13 rings (SSSR count). The van der Waals surface area contributed by atoms with Crippen LogP contribution in [0.4, 0.5) is 0 Å². The van der Waals surface area contributed by atoms with Gasteiger partial charge in [-0.3, -0.25) is 0 Å². The van der Waals surface area contributed by atoms with Crippen LogP contribution < -0.4 is 10.9 Å². The van der Waals surface area contributed by atoms with Gasteiger partial charge in [-0.1, -0.05) is 98.8 Å². The Morgan fingerprint density at radius 2 is 1.31 bits per heavy atom. The predicted octanol–water partition coefficient (Wildman–Crippen LogP) is 9.64. The zero-order valence-electron chi connectivity index (χ0n) is 26.3. The highest BCUT2D eigenvalue weighted by molar-refractivity contribution is 6.90. The standard InChI is InChI=1S/C43H25BN2O2/c1-43(2)28-17-6-3-11-22(28)40-36(43)26-15-9-14-25-35-34-23-12-4-7-19-31(23)47-33(34)21-30-37(35)44(46(40)38(25)26)29-18-10-16-27-39(29)45(30)41-24-13-5-8-20-32(24)48-42(27)41/h3-21H,1-2H3. The molecular weight excluding hydrogens is 587 g/mol. The Morgan fingerprint density at radius 1 is 0.604 bits per heavy atom. The molecule has 6 heterocycles. The van der Waals surface area contributed by atoms with Crippen molar-refractivity contribution in [1.29, 1.82) is 0 Å². The first-order chi connectivity index (χ1) is 23.6. The number of rotatable bonds is 0. The number of hydrogen-bond donors (Lipinski definition) is 0. The van der Waals surface area contributed by atoms with Gasteiger partial charge >= 0.3 is 6.85 Å². The van der Waals surface area contributed by atoms with E-state index >= 15 is 0 Å². The molecule has 4 aromatic heterocycles. The molecule has 0 amide bonds. The van der Waals surface area contributed by atoms with Crippen molar-refractivity contribution >= 4 is 83.6 Å². The number of benzene rings is 6. The summed E-state index contributed by atoms with van der Waals surface area (Å²) < 4.78 is 18.6. The van der Waals surface area contributed by atoms with Crippen molar-refractivity contribution in [2.75, 3.05) is 0 Å². The number of nitrogens with zero attached hydrogens (tertiary/aromatic N) is 2. The van der Waals surface area contributed by atoms with Gasteiger partial charge in [0, 0.05) is 66.4 Å². The van der Waals surface area contributed by atoms with Gasteiger partial charge in [0.1, 0.15) is 22.3 Å². The lowest BCUT2D eigenvalue weighted by atomic mass is 9.45. The quantitative estimate of drug-likeness (QED) is 0.160. The van der Waals surface area contributed by atoms with Crippen molar-refractivity contribution in [2.24, 2.45) is 0 Å². The molecule has 10 aromatic rings. The SMILES string of the molecule is CC1(C)c2ccccc2-c2c1c1cccc3c1n2B1c2c(cc4oc5ccccc5c4c2-3)-n2c3c1cccc3c1oc3ccccc3c12. The molecule has 222 valence electrons. The first-order valence-electron chi connectivity index (χ1n) is 16.8. The molecule has 0 unspecified atom stereocenters. The fraction of sp³-hybridized carbons (Fsp3) is 0.0698. The fourth-order valence-electron chi connectivity index (χ4n) is 10.1. The van der Waals surface area contributed by atoms with Gasteiger partial charge in [-0.05, 0) is 51.9 Å². The summed E-state index contributed by atoms with van der Waals surface area (Å²) in [6.45, 7) is 4.77. The molecule has 4 nitrogen and oxygen atoms in total. The number of fused-ring (bicyclic) bond motifs is 18. The van der Waals surface area contributed by atoms with E-state index < -0.39 is 0 Å². The molecule has 0 fully saturated rings. The third kappa shape index (κ3) is 2.42. The van der Waals surface area contributed by atoms with Gasteiger partial charge in [-0.15, -0.1) is 0 Å². The first kappa shape index (κ1) is 24.3. The van der Waals surface area contributed by atoms with Crippen molar-refractivity contribution in [3.05, 3.63) is 126 Å². The van der Waals surface area contributed by atoms with E-state index in [4.69, 9.17) is 8.83 Å². The van der Waals surface area contributed by atoms with Crippen LogP contribution in [0.3, 0.4) is 0 Å². The molecule has 0 radical (unpaired) electrons. The molecule has 0 saturated heterocycles. The molecular formula is C43H25BN2O2. The molecule has 5 heteroatoms. The second-order valence-corrected chi connectivity index (χ2v) is 14.4. The van der Waals surface area contributed by atoms with Crippen LogP contribution in [-0.2, 0) is 5.41 Å². The smallest absolute Gasteiger partial charge is 0.333 e. The highest BCUT2D eigenvalue weighted by Gasteiger charge is 2.48. The third-order valence-corrected chi connectivity index (χ3v) is 11.9. The lowest BCUT2D eigenvalue weighted by Crippen LogP contribution is -2.55. The maximum absolute atomic E-state index is 6.74. The van der Waals surface area contributed by atoms with E-state index in [0.717, 1.165) is 44.0 Å². The van der Waals surface area contributed by atoms with Crippen molar-refractivity contribution in [3.8, 4) is 28.1 Å². The monoisotopic (exact) mass is 612 g/mol. The molecule has 0 bridgehead atoms. The van der Waals surface area contributed by atoms with Gasteiger partial charge in [0.25, 0.3) is 0 Å². The van der Waals surface area contributed by atoms with Crippen LogP contribution in [0.1, 0.15) is 25.0 Å². The maximum atomic E-state index is 6.74. The number of aromatic nitrogens is 2. The Labute approximate surface area is 274 Å². The predicted molar refractivity (Wildman–Crippen MR) is 197 cm³/mol. The maximum Gasteiger partial charge on any atom is 0.333 e. The highest BCUT2D eigenvalue weighted by Crippen LogP contribution is 2.56. The number of hydrogen-bond acceptors (Lipinski definition) is 2. The second kappa shape index (κ2) is 7.61. The van der Waals surface area contributed by atoms with Gasteiger partial charge in [-0.2, -0.15) is 0 Å². The molecule has 0 N–H and O–H groups in total. The van der Waals surface area contributed by atoms with Crippen LogP contribution in [0.2, 0.25) is 0 Å². The summed E-state index contributed by atoms with van der Waals surface area (Å²) in [5.41, 5.74) is 19.1. The van der Waals surface area contributed by atoms with Gasteiger partial charge < -0.3 is 17.9 Å². The van der Waals surface area contributed by atoms with Gasteiger partial charge in [0.05, 0.1) is 5.52 Å². The Bertz CT molecular complexity index is 3160. The van der Waals surface area contributed by atoms with Crippen molar-refractivity contribution in [2.45, 2.75) is 19.3 Å². The summed E-state index contributed by atoms with van der Waals surface area (Å²) in [4.78, 5) is 0. The van der Waals surface area contributed by atoms with E-state index in [9.17, 15) is 0 Å². The summed E-state index contributed by atoms with van der Waals surface area (Å²) in [6, 6.07) is 42.1. The minimum Gasteiger partial charge on any atom is -0.456 e. The average molecular weight is 612 g/mol. The van der Waals surface area contributed by atoms with Crippen LogP contribution in [0.5, 0.6) is 0 Å². The topological polar surface area (TPSA) is 36.1 Å². The van der Waals surface area contributed by atoms with Crippen LogP contribution in [0.15, 0.2) is 124 Å². The zero-order chi connectivity index (χ0) is 31.2. The summed E-state index contributed by atoms with van der Waals surface area (Å²) >= 11 is 0. The van der Waals surface area contributed by atoms with E-state index in [0.29, 0.717) is 0 Å². The Balaban J connectivity index is 1.33. The van der Waals surface area contributed by atoms with Crippen LogP contribution in [0, 0.1) is 0 Å². The average Bonchev–Trinajstić information content (AvgIpc) is 3.89. The molecule has 1 aliphatic carbocycles. The molecule has 3 aliphatic rings. The lowest BCUT2D eigenvalue weighted by molar-refractivity contribution is 0.666. The first-order valence-corrected chi connectivity index (χ1v) is 16.8. The molecule has 0 saturated carbocycles. The molecule has 0 atom stereocenters.